The first-order valence-electron chi connectivity index (χ1n) is 4.01. The fourth-order valence-electron chi connectivity index (χ4n) is 0.594. The monoisotopic (exact) mass is 424 g/mol. The van der Waals surface area contributed by atoms with Gasteiger partial charge in [0.05, 0.1) is 0 Å². The van der Waals surface area contributed by atoms with Crippen LogP contribution in [0.3, 0.4) is 0 Å². The number of rotatable bonds is 1. The van der Waals surface area contributed by atoms with Crippen LogP contribution in [0, 0.1) is 50.7 Å². The van der Waals surface area contributed by atoms with Crippen LogP contribution in [0.1, 0.15) is 26.5 Å². The van der Waals surface area contributed by atoms with Crippen LogP contribution in [0.4, 0.5) is 0 Å². The smallest absolute Gasteiger partial charge is 0.375 e. The molecular weight excluding hydrogens is 410 g/mol. The van der Waals surface area contributed by atoms with Gasteiger partial charge in [-0.15, -0.1) is 17.8 Å². The maximum Gasteiger partial charge on any atom is 2.00 e. The Balaban J connectivity index is 0. The molecule has 0 aliphatic rings. The number of aromatic nitrogens is 2. The second-order valence-corrected chi connectivity index (χ2v) is 2.78. The molecule has 0 aliphatic carbocycles. The zero-order chi connectivity index (χ0) is 9.56. The van der Waals surface area contributed by atoms with E-state index in [-0.39, 0.29) is 31.1 Å². The van der Waals surface area contributed by atoms with Crippen molar-refractivity contribution in [2.24, 2.45) is 0 Å². The van der Waals surface area contributed by atoms with E-state index in [9.17, 15) is 0 Å². The van der Waals surface area contributed by atoms with Crippen LogP contribution in [0.2, 0.25) is 5.02 Å². The van der Waals surface area contributed by atoms with Crippen LogP contribution >= 0.6 is 11.6 Å². The summed E-state index contributed by atoms with van der Waals surface area (Å²) in [5.74, 6) is 0. The summed E-state index contributed by atoms with van der Waals surface area (Å²) in [6.45, 7) is 8.69. The molecule has 0 unspecified atom stereocenters. The third-order valence-corrected chi connectivity index (χ3v) is 1.47. The Bertz CT molecular complexity index is 204. The van der Waals surface area contributed by atoms with E-state index in [2.05, 4.69) is 11.3 Å². The van der Waals surface area contributed by atoms with E-state index >= 15 is 0 Å². The van der Waals surface area contributed by atoms with E-state index < -0.39 is 0 Å². The van der Waals surface area contributed by atoms with Crippen molar-refractivity contribution in [1.82, 2.24) is 9.78 Å². The van der Waals surface area contributed by atoms with Crippen molar-refractivity contribution in [3.63, 3.8) is 0 Å². The van der Waals surface area contributed by atoms with Gasteiger partial charge in [0, 0.05) is 6.54 Å². The summed E-state index contributed by atoms with van der Waals surface area (Å²) in [5.41, 5.74) is 0.846. The molecule has 1 heterocycles. The van der Waals surface area contributed by atoms with Gasteiger partial charge >= 0.3 is 31.1 Å². The molecule has 0 fully saturated rings. The Kier molecular flexibility index (Phi) is 11.2. The SMILES string of the molecule is CCn1[c-]c(Cl)c(C)n1.C[CH-]C.[U+2]. The van der Waals surface area contributed by atoms with Crippen LogP contribution in [-0.2, 0) is 6.54 Å². The van der Waals surface area contributed by atoms with Crippen molar-refractivity contribution < 1.29 is 31.1 Å². The van der Waals surface area contributed by atoms with Gasteiger partial charge in [0.1, 0.15) is 0 Å². The second-order valence-electron chi connectivity index (χ2n) is 2.40. The zero-order valence-corrected chi connectivity index (χ0v) is 13.5. The van der Waals surface area contributed by atoms with E-state index in [1.165, 1.54) is 0 Å². The largest absolute Gasteiger partial charge is 2.00 e. The van der Waals surface area contributed by atoms with Gasteiger partial charge in [0.2, 0.25) is 0 Å². The van der Waals surface area contributed by atoms with Gasteiger partial charge in [-0.2, -0.15) is 13.8 Å². The predicted molar refractivity (Wildman–Crippen MR) is 52.1 cm³/mol. The van der Waals surface area contributed by atoms with Crippen LogP contribution in [0.5, 0.6) is 0 Å². The number of aryl methyl sites for hydroxylation is 2. The maximum atomic E-state index is 5.67. The molecule has 72 valence electrons. The summed E-state index contributed by atoms with van der Waals surface area (Å²) in [4.78, 5) is 0. The van der Waals surface area contributed by atoms with E-state index in [4.69, 9.17) is 11.6 Å². The summed E-state index contributed by atoms with van der Waals surface area (Å²) in [6.07, 6.45) is 4.86. The molecular formula is C9H15ClN2U. The summed E-state index contributed by atoms with van der Waals surface area (Å²) in [5, 5.41) is 4.68. The molecule has 4 heteroatoms. The summed E-state index contributed by atoms with van der Waals surface area (Å²) in [6, 6.07) is 0. The number of halogens is 1. The van der Waals surface area contributed by atoms with Gasteiger partial charge in [0.15, 0.2) is 0 Å². The Hall–Kier alpha value is 0.552. The minimum absolute atomic E-state index is 0. The first kappa shape index (κ1) is 16.0. The number of nitrogens with zero attached hydrogens (tertiary/aromatic N) is 2. The molecule has 0 N–H and O–H groups in total. The number of hydrogen-bond donors (Lipinski definition) is 0. The van der Waals surface area contributed by atoms with E-state index in [0.717, 1.165) is 12.2 Å². The molecule has 0 amide bonds. The normalized spacial score (nSPS) is 8.38. The van der Waals surface area contributed by atoms with E-state index in [1.807, 2.05) is 34.1 Å². The van der Waals surface area contributed by atoms with Crippen molar-refractivity contribution in [1.29, 1.82) is 0 Å². The van der Waals surface area contributed by atoms with Gasteiger partial charge < -0.3 is 11.1 Å². The molecule has 0 saturated heterocycles. The van der Waals surface area contributed by atoms with Gasteiger partial charge in [-0.05, 0) is 6.92 Å². The molecule has 0 saturated carbocycles. The van der Waals surface area contributed by atoms with Crippen molar-refractivity contribution >= 4 is 11.6 Å². The average Bonchev–Trinajstić information content (AvgIpc) is 2.33. The minimum atomic E-state index is 0. The van der Waals surface area contributed by atoms with Crippen LogP contribution < -0.4 is 0 Å². The van der Waals surface area contributed by atoms with Crippen molar-refractivity contribution in [2.45, 2.75) is 34.2 Å². The molecule has 0 radical (unpaired) electrons. The summed E-state index contributed by atoms with van der Waals surface area (Å²) in [7, 11) is 0. The molecule has 1 aromatic rings. The molecule has 0 spiro atoms. The Morgan fingerprint density at radius 2 is 2.00 bits per heavy atom. The summed E-state index contributed by atoms with van der Waals surface area (Å²) >= 11 is 5.67. The maximum absolute atomic E-state index is 5.67. The molecule has 0 atom stereocenters. The topological polar surface area (TPSA) is 17.8 Å². The van der Waals surface area contributed by atoms with Crippen LogP contribution in [0.25, 0.3) is 0 Å². The average molecular weight is 425 g/mol. The van der Waals surface area contributed by atoms with Crippen molar-refractivity contribution in [3.8, 4) is 0 Å². The fourth-order valence-corrected chi connectivity index (χ4v) is 0.729. The van der Waals surface area contributed by atoms with Crippen molar-refractivity contribution in [2.75, 3.05) is 0 Å². The van der Waals surface area contributed by atoms with Gasteiger partial charge in [-0.25, -0.2) is 0 Å². The third-order valence-electron chi connectivity index (χ3n) is 1.12. The third kappa shape index (κ3) is 6.60. The zero-order valence-electron chi connectivity index (χ0n) is 8.56. The van der Waals surface area contributed by atoms with Gasteiger partial charge in [0.25, 0.3) is 0 Å². The Morgan fingerprint density at radius 1 is 1.54 bits per heavy atom. The fraction of sp³-hybridized carbons (Fsp3) is 0.556. The van der Waals surface area contributed by atoms with E-state index in [1.54, 1.807) is 4.68 Å². The standard InChI is InChI=1S/C6H8ClN2.C3H7.U/c1-3-9-4-6(7)5(2)8-9;1-3-2;/h3H2,1-2H3;3H,1-2H3;/q2*-1;+2. The second kappa shape index (κ2) is 9.12. The Morgan fingerprint density at radius 3 is 2.15 bits per heavy atom. The number of hydrogen-bond acceptors (Lipinski definition) is 1. The molecule has 1 aromatic heterocycles. The molecule has 0 aromatic carbocycles. The molecule has 1 rings (SSSR count). The predicted octanol–water partition coefficient (Wildman–Crippen LogP) is 2.90. The van der Waals surface area contributed by atoms with Crippen molar-refractivity contribution in [3.05, 3.63) is 23.3 Å². The van der Waals surface area contributed by atoms with Gasteiger partial charge in [-0.3, -0.25) is 5.10 Å². The van der Waals surface area contributed by atoms with Gasteiger partial charge in [-0.1, -0.05) is 17.6 Å². The van der Waals surface area contributed by atoms with Crippen LogP contribution in [-0.4, -0.2) is 9.78 Å². The minimum Gasteiger partial charge on any atom is -0.375 e. The van der Waals surface area contributed by atoms with E-state index in [0.29, 0.717) is 5.02 Å². The first-order valence-corrected chi connectivity index (χ1v) is 4.39. The first-order chi connectivity index (χ1) is 5.65. The molecule has 2 nitrogen and oxygen atoms in total. The molecule has 13 heavy (non-hydrogen) atoms. The quantitative estimate of drug-likeness (QED) is 0.634. The summed E-state index contributed by atoms with van der Waals surface area (Å²) < 4.78 is 1.69. The molecule has 0 bridgehead atoms. The molecule has 0 aliphatic heterocycles. The van der Waals surface area contributed by atoms with Crippen LogP contribution in [0.15, 0.2) is 0 Å². The Labute approximate surface area is 109 Å².